The van der Waals surface area contributed by atoms with Gasteiger partial charge in [0.2, 0.25) is 0 Å². The molecule has 0 radical (unpaired) electrons. The highest BCUT2D eigenvalue weighted by Crippen LogP contribution is 2.61. The van der Waals surface area contributed by atoms with Crippen LogP contribution in [0.25, 0.3) is 0 Å². The fourth-order valence-electron chi connectivity index (χ4n) is 4.25. The summed E-state index contributed by atoms with van der Waals surface area (Å²) >= 11 is 3.89. The second-order valence-corrected chi connectivity index (χ2v) is 7.23. The molecule has 2 unspecified atom stereocenters. The Labute approximate surface area is 104 Å². The summed E-state index contributed by atoms with van der Waals surface area (Å²) in [4.78, 5) is 0. The lowest BCUT2D eigenvalue weighted by molar-refractivity contribution is 0.0937. The maximum atomic E-state index is 9.03. The van der Waals surface area contributed by atoms with Gasteiger partial charge in [0.25, 0.3) is 0 Å². The summed E-state index contributed by atoms with van der Waals surface area (Å²) in [5.74, 6) is 1.82. The molecule has 4 aliphatic rings. The summed E-state index contributed by atoms with van der Waals surface area (Å²) in [6.45, 7) is 0. The van der Waals surface area contributed by atoms with Gasteiger partial charge >= 0.3 is 0 Å². The van der Waals surface area contributed by atoms with E-state index in [1.54, 1.807) is 0 Å². The lowest BCUT2D eigenvalue weighted by atomic mass is 9.53. The first-order chi connectivity index (χ1) is 7.65. The summed E-state index contributed by atoms with van der Waals surface area (Å²) < 4.78 is 0.322. The Bertz CT molecular complexity index is 418. The largest absolute Gasteiger partial charge is 0.192 e. The molecular weight excluding hydrogens is 264 g/mol. The molecule has 16 heavy (non-hydrogen) atoms. The minimum Gasteiger partial charge on any atom is -0.192 e. The van der Waals surface area contributed by atoms with Crippen molar-refractivity contribution < 1.29 is 0 Å². The molecule has 0 heterocycles. The monoisotopic (exact) mass is 276 g/mol. The second-order valence-electron chi connectivity index (χ2n) is 5.55. The minimum absolute atomic E-state index is 0.322. The Morgan fingerprint density at radius 1 is 1.12 bits per heavy atom. The van der Waals surface area contributed by atoms with Crippen LogP contribution in [0.4, 0.5) is 0 Å². The number of hydrogen-bond acceptors (Lipinski definition) is 2. The van der Waals surface area contributed by atoms with Gasteiger partial charge in [-0.25, -0.2) is 0 Å². The van der Waals surface area contributed by atoms with Crippen molar-refractivity contribution in [2.75, 3.05) is 0 Å². The van der Waals surface area contributed by atoms with Gasteiger partial charge in [0, 0.05) is 4.32 Å². The first-order valence-corrected chi connectivity index (χ1v) is 6.67. The quantitative estimate of drug-likeness (QED) is 0.503. The molecule has 4 aliphatic carbocycles. The van der Waals surface area contributed by atoms with Crippen molar-refractivity contribution in [1.82, 2.24) is 0 Å². The Balaban J connectivity index is 2.05. The molecule has 4 saturated carbocycles. The van der Waals surface area contributed by atoms with E-state index in [1.807, 2.05) is 0 Å². The van der Waals surface area contributed by atoms with Gasteiger partial charge in [0.1, 0.15) is 17.7 Å². The van der Waals surface area contributed by atoms with E-state index in [2.05, 4.69) is 28.1 Å². The molecule has 2 nitrogen and oxygen atoms in total. The van der Waals surface area contributed by atoms with Crippen molar-refractivity contribution in [2.24, 2.45) is 17.8 Å². The molecule has 0 aromatic rings. The van der Waals surface area contributed by atoms with Crippen LogP contribution in [0.1, 0.15) is 32.1 Å². The van der Waals surface area contributed by atoms with Gasteiger partial charge in [-0.15, -0.1) is 0 Å². The molecule has 82 valence electrons. The third kappa shape index (κ3) is 1.35. The second kappa shape index (κ2) is 3.34. The van der Waals surface area contributed by atoms with Gasteiger partial charge in [0.05, 0.1) is 0 Å². The normalized spacial score (nSPS) is 43.9. The van der Waals surface area contributed by atoms with Gasteiger partial charge in [-0.05, 0) is 55.4 Å². The highest BCUT2D eigenvalue weighted by Gasteiger charge is 2.52. The van der Waals surface area contributed by atoms with E-state index in [4.69, 9.17) is 10.5 Å². The average Bonchev–Trinajstić information content (AvgIpc) is 2.21. The number of halogens is 1. The van der Waals surface area contributed by atoms with Crippen molar-refractivity contribution >= 4 is 15.9 Å². The van der Waals surface area contributed by atoms with Crippen LogP contribution in [-0.2, 0) is 0 Å². The summed E-state index contributed by atoms with van der Waals surface area (Å²) in [7, 11) is 0. The predicted molar refractivity (Wildman–Crippen MR) is 63.5 cm³/mol. The molecular formula is C13H13BrN2. The van der Waals surface area contributed by atoms with Crippen LogP contribution in [0.15, 0.2) is 11.1 Å². The van der Waals surface area contributed by atoms with Crippen molar-refractivity contribution in [1.29, 1.82) is 10.5 Å². The fourth-order valence-corrected chi connectivity index (χ4v) is 5.49. The van der Waals surface area contributed by atoms with Crippen LogP contribution in [-0.4, -0.2) is 4.32 Å². The highest BCUT2D eigenvalue weighted by molar-refractivity contribution is 9.10. The fraction of sp³-hybridized carbons (Fsp3) is 0.692. The number of nitrogens with zero attached hydrogens (tertiary/aromatic N) is 2. The van der Waals surface area contributed by atoms with Crippen molar-refractivity contribution in [2.45, 2.75) is 36.4 Å². The zero-order valence-electron chi connectivity index (χ0n) is 9.04. The van der Waals surface area contributed by atoms with Gasteiger partial charge in [-0.2, -0.15) is 10.5 Å². The maximum absolute atomic E-state index is 9.03. The average molecular weight is 277 g/mol. The molecule has 0 saturated heterocycles. The molecule has 0 aromatic heterocycles. The Morgan fingerprint density at radius 2 is 1.69 bits per heavy atom. The number of nitriles is 2. The molecule has 4 atom stereocenters. The van der Waals surface area contributed by atoms with Crippen LogP contribution in [0.2, 0.25) is 0 Å². The number of allylic oxidation sites excluding steroid dienone is 2. The van der Waals surface area contributed by atoms with E-state index in [-0.39, 0.29) is 0 Å². The van der Waals surface area contributed by atoms with Gasteiger partial charge < -0.3 is 0 Å². The third-order valence-corrected chi connectivity index (χ3v) is 5.48. The molecule has 0 N–H and O–H groups in total. The standard InChI is InChI=1S/C13H13BrN2/c14-13-3-8-1-9(4-13)12(10(2-8)5-13)11(6-15)7-16/h8-10H,1-5H2/t8?,9-,10+,13?. The van der Waals surface area contributed by atoms with Crippen molar-refractivity contribution in [3.63, 3.8) is 0 Å². The van der Waals surface area contributed by atoms with E-state index in [0.717, 1.165) is 18.8 Å². The lowest BCUT2D eigenvalue weighted by Crippen LogP contribution is -2.48. The summed E-state index contributed by atoms with van der Waals surface area (Å²) in [6, 6.07) is 4.19. The molecule has 0 spiro atoms. The van der Waals surface area contributed by atoms with Gasteiger partial charge in [0.15, 0.2) is 0 Å². The number of hydrogen-bond donors (Lipinski definition) is 0. The molecule has 4 rings (SSSR count). The van der Waals surface area contributed by atoms with Crippen LogP contribution in [0, 0.1) is 40.4 Å². The molecule has 0 amide bonds. The van der Waals surface area contributed by atoms with Crippen LogP contribution in [0.5, 0.6) is 0 Å². The molecule has 4 fully saturated rings. The maximum Gasteiger partial charge on any atom is 0.129 e. The zero-order valence-corrected chi connectivity index (χ0v) is 10.6. The smallest absolute Gasteiger partial charge is 0.129 e. The van der Waals surface area contributed by atoms with E-state index in [0.29, 0.717) is 21.7 Å². The van der Waals surface area contributed by atoms with Crippen molar-refractivity contribution in [3.8, 4) is 12.1 Å². The summed E-state index contributed by atoms with van der Waals surface area (Å²) in [6.07, 6.45) is 5.95. The van der Waals surface area contributed by atoms with E-state index in [9.17, 15) is 0 Å². The van der Waals surface area contributed by atoms with E-state index >= 15 is 0 Å². The third-order valence-electron chi connectivity index (χ3n) is 4.51. The lowest BCUT2D eigenvalue weighted by Gasteiger charge is -2.55. The Kier molecular flexibility index (Phi) is 2.17. The SMILES string of the molecule is N#CC(C#N)=C1[C@@H]2CC3C[C@H]1CC(Br)(C3)C2. The summed E-state index contributed by atoms with van der Waals surface area (Å²) in [5.41, 5.74) is 1.60. The first-order valence-electron chi connectivity index (χ1n) is 5.88. The highest BCUT2D eigenvalue weighted by atomic mass is 79.9. The van der Waals surface area contributed by atoms with Gasteiger partial charge in [-0.3, -0.25) is 0 Å². The molecule has 0 aromatic carbocycles. The Hall–Kier alpha value is -0.800. The van der Waals surface area contributed by atoms with E-state index in [1.165, 1.54) is 24.8 Å². The van der Waals surface area contributed by atoms with Crippen LogP contribution >= 0.6 is 15.9 Å². The molecule has 4 bridgehead atoms. The van der Waals surface area contributed by atoms with Gasteiger partial charge in [-0.1, -0.05) is 15.9 Å². The van der Waals surface area contributed by atoms with Crippen LogP contribution < -0.4 is 0 Å². The molecule has 0 aliphatic heterocycles. The van der Waals surface area contributed by atoms with E-state index < -0.39 is 0 Å². The Morgan fingerprint density at radius 3 is 2.12 bits per heavy atom. The number of alkyl halides is 1. The predicted octanol–water partition coefficient (Wildman–Crippen LogP) is 3.30. The zero-order chi connectivity index (χ0) is 11.3. The summed E-state index contributed by atoms with van der Waals surface area (Å²) in [5, 5.41) is 18.1. The minimum atomic E-state index is 0.322. The topological polar surface area (TPSA) is 47.6 Å². The molecule has 3 heteroatoms. The van der Waals surface area contributed by atoms with Crippen LogP contribution in [0.3, 0.4) is 0 Å². The number of rotatable bonds is 0. The first kappa shape index (κ1) is 10.4. The van der Waals surface area contributed by atoms with Crippen molar-refractivity contribution in [3.05, 3.63) is 11.1 Å².